The van der Waals surface area contributed by atoms with Gasteiger partial charge in [0.25, 0.3) is 0 Å². The van der Waals surface area contributed by atoms with Crippen LogP contribution in [0.15, 0.2) is 0 Å². The lowest BCUT2D eigenvalue weighted by Crippen LogP contribution is -2.00. The molecule has 0 aliphatic carbocycles. The normalized spacial score (nSPS) is 10.3. The summed E-state index contributed by atoms with van der Waals surface area (Å²) in [6, 6.07) is 0. The van der Waals surface area contributed by atoms with Crippen molar-refractivity contribution in [1.82, 2.24) is 0 Å². The predicted octanol–water partition coefficient (Wildman–Crippen LogP) is 2.65. The molecule has 78 valence electrons. The van der Waals surface area contributed by atoms with Crippen LogP contribution in [0.5, 0.6) is 0 Å². The van der Waals surface area contributed by atoms with E-state index in [9.17, 15) is 4.79 Å². The smallest absolute Gasteiger partial charge is 0.132 e. The van der Waals surface area contributed by atoms with Crippen LogP contribution in [0.3, 0.4) is 0 Å². The molecule has 0 aliphatic rings. The van der Waals surface area contributed by atoms with E-state index in [0.717, 1.165) is 45.1 Å². The van der Waals surface area contributed by atoms with Gasteiger partial charge < -0.3 is 5.73 Å². The second-order valence-electron chi connectivity index (χ2n) is 3.60. The molecule has 0 rings (SSSR count). The molecule has 2 N–H and O–H groups in total. The van der Waals surface area contributed by atoms with Crippen molar-refractivity contribution in [2.75, 3.05) is 6.54 Å². The minimum absolute atomic E-state index is 0.436. The van der Waals surface area contributed by atoms with Crippen molar-refractivity contribution in [3.63, 3.8) is 0 Å². The minimum atomic E-state index is 0.436. The number of hydrogen-bond acceptors (Lipinski definition) is 2. The molecule has 2 heteroatoms. The van der Waals surface area contributed by atoms with E-state index in [-0.39, 0.29) is 0 Å². The summed E-state index contributed by atoms with van der Waals surface area (Å²) in [5.41, 5.74) is 5.36. The average Bonchev–Trinajstić information content (AvgIpc) is 2.13. The van der Waals surface area contributed by atoms with Crippen molar-refractivity contribution in [2.24, 2.45) is 5.73 Å². The highest BCUT2D eigenvalue weighted by Gasteiger charge is 2.00. The Morgan fingerprint density at radius 2 is 1.62 bits per heavy atom. The van der Waals surface area contributed by atoms with E-state index in [1.54, 1.807) is 0 Å². The van der Waals surface area contributed by atoms with E-state index >= 15 is 0 Å². The predicted molar refractivity (Wildman–Crippen MR) is 56.7 cm³/mol. The maximum atomic E-state index is 11.2. The first-order valence-electron chi connectivity index (χ1n) is 5.53. The molecule has 0 aromatic heterocycles. The molecule has 2 nitrogen and oxygen atoms in total. The Kier molecular flexibility index (Phi) is 9.44. The average molecular weight is 185 g/mol. The molecule has 0 fully saturated rings. The lowest BCUT2D eigenvalue weighted by molar-refractivity contribution is -0.119. The fraction of sp³-hybridized carbons (Fsp3) is 0.909. The van der Waals surface area contributed by atoms with Crippen LogP contribution >= 0.6 is 0 Å². The Morgan fingerprint density at radius 3 is 2.15 bits per heavy atom. The van der Waals surface area contributed by atoms with Crippen LogP contribution in [0.4, 0.5) is 0 Å². The van der Waals surface area contributed by atoms with Crippen LogP contribution in [0.1, 0.15) is 58.3 Å². The van der Waals surface area contributed by atoms with Crippen molar-refractivity contribution in [3.05, 3.63) is 0 Å². The zero-order chi connectivity index (χ0) is 9.94. The zero-order valence-electron chi connectivity index (χ0n) is 8.85. The van der Waals surface area contributed by atoms with Gasteiger partial charge in [0.1, 0.15) is 5.78 Å². The SMILES string of the molecule is CCCCCC(=O)CCCCCN. The Morgan fingerprint density at radius 1 is 1.00 bits per heavy atom. The first-order chi connectivity index (χ1) is 6.31. The second-order valence-corrected chi connectivity index (χ2v) is 3.60. The third kappa shape index (κ3) is 9.54. The summed E-state index contributed by atoms with van der Waals surface area (Å²) in [5, 5.41) is 0. The minimum Gasteiger partial charge on any atom is -0.330 e. The highest BCUT2D eigenvalue weighted by molar-refractivity contribution is 5.78. The monoisotopic (exact) mass is 185 g/mol. The molecule has 0 aromatic carbocycles. The third-order valence-corrected chi connectivity index (χ3v) is 2.22. The van der Waals surface area contributed by atoms with E-state index in [1.165, 1.54) is 12.8 Å². The Bertz CT molecular complexity index is 123. The van der Waals surface area contributed by atoms with Crippen molar-refractivity contribution in [3.8, 4) is 0 Å². The van der Waals surface area contributed by atoms with Gasteiger partial charge in [-0.15, -0.1) is 0 Å². The largest absolute Gasteiger partial charge is 0.330 e. The molecule has 0 atom stereocenters. The number of unbranched alkanes of at least 4 members (excludes halogenated alkanes) is 4. The summed E-state index contributed by atoms with van der Waals surface area (Å²) < 4.78 is 0. The summed E-state index contributed by atoms with van der Waals surface area (Å²) in [6.07, 6.45) is 8.21. The number of ketones is 1. The molecule has 0 radical (unpaired) electrons. The number of nitrogens with two attached hydrogens (primary N) is 1. The Labute approximate surface area is 81.9 Å². The molecule has 0 bridgehead atoms. The van der Waals surface area contributed by atoms with Gasteiger partial charge in [-0.2, -0.15) is 0 Å². The van der Waals surface area contributed by atoms with Crippen LogP contribution in [0.25, 0.3) is 0 Å². The van der Waals surface area contributed by atoms with Crippen molar-refractivity contribution < 1.29 is 4.79 Å². The fourth-order valence-electron chi connectivity index (χ4n) is 1.34. The molecule has 0 saturated carbocycles. The van der Waals surface area contributed by atoms with Crippen LogP contribution in [0, 0.1) is 0 Å². The summed E-state index contributed by atoms with van der Waals surface area (Å²) >= 11 is 0. The molecular weight excluding hydrogens is 162 g/mol. The van der Waals surface area contributed by atoms with Gasteiger partial charge in [-0.3, -0.25) is 4.79 Å². The first kappa shape index (κ1) is 12.6. The standard InChI is InChI=1S/C11H23NO/c1-2-3-5-8-11(13)9-6-4-7-10-12/h2-10,12H2,1H3. The lowest BCUT2D eigenvalue weighted by Gasteiger charge is -1.99. The van der Waals surface area contributed by atoms with Crippen LogP contribution in [-0.4, -0.2) is 12.3 Å². The summed E-state index contributed by atoms with van der Waals surface area (Å²) in [7, 11) is 0. The van der Waals surface area contributed by atoms with E-state index in [2.05, 4.69) is 6.92 Å². The molecule has 0 aliphatic heterocycles. The maximum absolute atomic E-state index is 11.2. The Balaban J connectivity index is 3.11. The third-order valence-electron chi connectivity index (χ3n) is 2.22. The molecule has 0 saturated heterocycles. The maximum Gasteiger partial charge on any atom is 0.132 e. The molecular formula is C11H23NO. The van der Waals surface area contributed by atoms with Crippen LogP contribution < -0.4 is 5.73 Å². The van der Waals surface area contributed by atoms with Crippen molar-refractivity contribution in [2.45, 2.75) is 58.3 Å². The molecule has 13 heavy (non-hydrogen) atoms. The van der Waals surface area contributed by atoms with E-state index in [4.69, 9.17) is 5.73 Å². The Hall–Kier alpha value is -0.370. The molecule has 0 amide bonds. The number of Topliss-reactive ketones (excluding diaryl/α,β-unsaturated/α-hetero) is 1. The zero-order valence-corrected chi connectivity index (χ0v) is 8.85. The highest BCUT2D eigenvalue weighted by Crippen LogP contribution is 2.05. The van der Waals surface area contributed by atoms with Gasteiger partial charge in [0.05, 0.1) is 0 Å². The van der Waals surface area contributed by atoms with Crippen molar-refractivity contribution >= 4 is 5.78 Å². The van der Waals surface area contributed by atoms with Crippen LogP contribution in [-0.2, 0) is 4.79 Å². The van der Waals surface area contributed by atoms with Gasteiger partial charge in [-0.25, -0.2) is 0 Å². The number of carbonyl (C=O) groups is 1. The van der Waals surface area contributed by atoms with Gasteiger partial charge >= 0.3 is 0 Å². The topological polar surface area (TPSA) is 43.1 Å². The molecule has 0 spiro atoms. The van der Waals surface area contributed by atoms with E-state index in [0.29, 0.717) is 5.78 Å². The quantitative estimate of drug-likeness (QED) is 0.561. The number of hydrogen-bond donors (Lipinski definition) is 1. The summed E-state index contributed by atoms with van der Waals surface area (Å²) in [6.45, 7) is 2.91. The first-order valence-corrected chi connectivity index (χ1v) is 5.53. The molecule has 0 aromatic rings. The van der Waals surface area contributed by atoms with Gasteiger partial charge in [0.2, 0.25) is 0 Å². The van der Waals surface area contributed by atoms with Gasteiger partial charge in [0, 0.05) is 12.8 Å². The van der Waals surface area contributed by atoms with Crippen molar-refractivity contribution in [1.29, 1.82) is 0 Å². The second kappa shape index (κ2) is 9.72. The molecule has 0 unspecified atom stereocenters. The van der Waals surface area contributed by atoms with Gasteiger partial charge in [0.15, 0.2) is 0 Å². The highest BCUT2D eigenvalue weighted by atomic mass is 16.1. The van der Waals surface area contributed by atoms with Crippen LogP contribution in [0.2, 0.25) is 0 Å². The number of rotatable bonds is 9. The summed E-state index contributed by atoms with van der Waals surface area (Å²) in [4.78, 5) is 11.2. The van der Waals surface area contributed by atoms with Gasteiger partial charge in [-0.05, 0) is 25.8 Å². The molecule has 0 heterocycles. The fourth-order valence-corrected chi connectivity index (χ4v) is 1.34. The van der Waals surface area contributed by atoms with Gasteiger partial charge in [-0.1, -0.05) is 26.2 Å². The summed E-state index contributed by atoms with van der Waals surface area (Å²) in [5.74, 6) is 0.436. The number of carbonyl (C=O) groups excluding carboxylic acids is 1. The van der Waals surface area contributed by atoms with E-state index < -0.39 is 0 Å². The lowest BCUT2D eigenvalue weighted by atomic mass is 10.1. The van der Waals surface area contributed by atoms with E-state index in [1.807, 2.05) is 0 Å².